The molecule has 2 aromatic rings. The highest BCUT2D eigenvalue weighted by molar-refractivity contribution is 14.1. The second kappa shape index (κ2) is 8.37. The van der Waals surface area contributed by atoms with Crippen LogP contribution < -0.4 is 9.47 Å². The van der Waals surface area contributed by atoms with Gasteiger partial charge in [0, 0.05) is 0 Å². The molecule has 24 heavy (non-hydrogen) atoms. The molecule has 0 bridgehead atoms. The van der Waals surface area contributed by atoms with E-state index in [4.69, 9.17) is 14.7 Å². The predicted molar refractivity (Wildman–Crippen MR) is 102 cm³/mol. The molecule has 0 aliphatic heterocycles. The predicted octanol–water partition coefficient (Wildman–Crippen LogP) is 4.63. The van der Waals surface area contributed by atoms with Crippen LogP contribution in [0, 0.1) is 26.2 Å². The highest BCUT2D eigenvalue weighted by Gasteiger charge is 2.11. The standard InChI is InChI=1S/C19H15IN2O2/c1-3-24-19-17(20)9-14(10-18(19)23-2)8-16(12-22)15-6-4-13(11-21)5-7-15/h4-10H,3H2,1-2H3/b16-8-. The van der Waals surface area contributed by atoms with Gasteiger partial charge in [-0.1, -0.05) is 12.1 Å². The Kier molecular flexibility index (Phi) is 6.22. The van der Waals surface area contributed by atoms with E-state index in [0.29, 0.717) is 29.2 Å². The average Bonchev–Trinajstić information content (AvgIpc) is 2.61. The van der Waals surface area contributed by atoms with Gasteiger partial charge in [0.25, 0.3) is 0 Å². The molecule has 0 fully saturated rings. The minimum Gasteiger partial charge on any atom is -0.493 e. The summed E-state index contributed by atoms with van der Waals surface area (Å²) in [6.07, 6.45) is 1.79. The van der Waals surface area contributed by atoms with Crippen molar-refractivity contribution in [2.24, 2.45) is 0 Å². The number of nitrogens with zero attached hydrogens (tertiary/aromatic N) is 2. The SMILES string of the molecule is CCOc1c(I)cc(/C=C(/C#N)c2ccc(C#N)cc2)cc1OC. The molecule has 0 radical (unpaired) electrons. The highest BCUT2D eigenvalue weighted by Crippen LogP contribution is 2.35. The number of hydrogen-bond acceptors (Lipinski definition) is 4. The Hall–Kier alpha value is -2.51. The lowest BCUT2D eigenvalue weighted by molar-refractivity contribution is 0.308. The van der Waals surface area contributed by atoms with Gasteiger partial charge in [0.05, 0.1) is 40.6 Å². The number of benzene rings is 2. The van der Waals surface area contributed by atoms with Crippen molar-refractivity contribution in [2.75, 3.05) is 13.7 Å². The molecule has 0 N–H and O–H groups in total. The zero-order valence-electron chi connectivity index (χ0n) is 13.3. The van der Waals surface area contributed by atoms with Crippen LogP contribution in [0.15, 0.2) is 36.4 Å². The molecule has 0 atom stereocenters. The van der Waals surface area contributed by atoms with Crippen LogP contribution in [0.1, 0.15) is 23.6 Å². The number of halogens is 1. The molecule has 0 aromatic heterocycles. The molecule has 5 heteroatoms. The molecule has 0 heterocycles. The number of hydrogen-bond donors (Lipinski definition) is 0. The molecule has 0 saturated heterocycles. The molecule has 2 rings (SSSR count). The minimum atomic E-state index is 0.515. The first-order valence-electron chi connectivity index (χ1n) is 7.25. The first-order chi connectivity index (χ1) is 11.6. The monoisotopic (exact) mass is 430 g/mol. The quantitative estimate of drug-likeness (QED) is 0.394. The molecular weight excluding hydrogens is 415 g/mol. The van der Waals surface area contributed by atoms with Gasteiger partial charge in [0.15, 0.2) is 11.5 Å². The van der Waals surface area contributed by atoms with Gasteiger partial charge in [0.1, 0.15) is 0 Å². The van der Waals surface area contributed by atoms with Gasteiger partial charge in [-0.05, 0) is 71.0 Å². The van der Waals surface area contributed by atoms with Crippen molar-refractivity contribution in [2.45, 2.75) is 6.92 Å². The third-order valence-corrected chi connectivity index (χ3v) is 4.10. The van der Waals surface area contributed by atoms with Crippen LogP contribution in [0.25, 0.3) is 11.6 Å². The average molecular weight is 430 g/mol. The van der Waals surface area contributed by atoms with E-state index in [9.17, 15) is 5.26 Å². The zero-order valence-corrected chi connectivity index (χ0v) is 15.5. The molecule has 4 nitrogen and oxygen atoms in total. The van der Waals surface area contributed by atoms with Crippen molar-refractivity contribution in [3.05, 3.63) is 56.7 Å². The maximum absolute atomic E-state index is 9.46. The number of nitriles is 2. The van der Waals surface area contributed by atoms with Crippen molar-refractivity contribution in [3.8, 4) is 23.6 Å². The van der Waals surface area contributed by atoms with Gasteiger partial charge in [-0.15, -0.1) is 0 Å². The van der Waals surface area contributed by atoms with E-state index in [-0.39, 0.29) is 0 Å². The van der Waals surface area contributed by atoms with Crippen LogP contribution in [-0.4, -0.2) is 13.7 Å². The minimum absolute atomic E-state index is 0.515. The molecule has 0 amide bonds. The van der Waals surface area contributed by atoms with Crippen LogP contribution in [-0.2, 0) is 0 Å². The lowest BCUT2D eigenvalue weighted by atomic mass is 10.0. The molecule has 0 aliphatic rings. The van der Waals surface area contributed by atoms with Gasteiger partial charge in [-0.3, -0.25) is 0 Å². The van der Waals surface area contributed by atoms with Gasteiger partial charge in [-0.25, -0.2) is 0 Å². The van der Waals surface area contributed by atoms with Crippen molar-refractivity contribution in [1.29, 1.82) is 10.5 Å². The van der Waals surface area contributed by atoms with Crippen LogP contribution >= 0.6 is 22.6 Å². The number of rotatable bonds is 5. The largest absolute Gasteiger partial charge is 0.493 e. The summed E-state index contributed by atoms with van der Waals surface area (Å²) in [7, 11) is 1.59. The molecule has 0 unspecified atom stereocenters. The van der Waals surface area contributed by atoms with E-state index in [1.807, 2.05) is 19.1 Å². The first-order valence-corrected chi connectivity index (χ1v) is 8.33. The van der Waals surface area contributed by atoms with Crippen LogP contribution in [0.3, 0.4) is 0 Å². The second-order valence-electron chi connectivity index (χ2n) is 4.83. The maximum Gasteiger partial charge on any atom is 0.174 e. The number of allylic oxidation sites excluding steroid dienone is 1. The molecule has 2 aromatic carbocycles. The highest BCUT2D eigenvalue weighted by atomic mass is 127. The van der Waals surface area contributed by atoms with Crippen LogP contribution in [0.2, 0.25) is 0 Å². The number of methoxy groups -OCH3 is 1. The van der Waals surface area contributed by atoms with E-state index < -0.39 is 0 Å². The lowest BCUT2D eigenvalue weighted by Gasteiger charge is -2.12. The maximum atomic E-state index is 9.46. The van der Waals surface area contributed by atoms with Gasteiger partial charge < -0.3 is 9.47 Å². The summed E-state index contributed by atoms with van der Waals surface area (Å²) < 4.78 is 11.9. The molecular formula is C19H15IN2O2. The topological polar surface area (TPSA) is 66.0 Å². The summed E-state index contributed by atoms with van der Waals surface area (Å²) in [6, 6.07) is 15.0. The molecule has 0 saturated carbocycles. The van der Waals surface area contributed by atoms with Gasteiger partial charge in [0.2, 0.25) is 0 Å². The van der Waals surface area contributed by atoms with E-state index in [1.54, 1.807) is 37.5 Å². The summed E-state index contributed by atoms with van der Waals surface area (Å²) in [5, 5.41) is 18.3. The Bertz CT molecular complexity index is 843. The molecule has 0 spiro atoms. The fourth-order valence-corrected chi connectivity index (χ4v) is 2.96. The fourth-order valence-electron chi connectivity index (χ4n) is 2.18. The Balaban J connectivity index is 2.46. The number of ether oxygens (including phenoxy) is 2. The summed E-state index contributed by atoms with van der Waals surface area (Å²) in [4.78, 5) is 0. The third-order valence-electron chi connectivity index (χ3n) is 3.30. The van der Waals surface area contributed by atoms with E-state index >= 15 is 0 Å². The Labute approximate surface area is 155 Å². The first kappa shape index (κ1) is 17.8. The van der Waals surface area contributed by atoms with Crippen molar-refractivity contribution in [3.63, 3.8) is 0 Å². The summed E-state index contributed by atoms with van der Waals surface area (Å²) in [5.41, 5.74) is 2.69. The summed E-state index contributed by atoms with van der Waals surface area (Å²) in [6.45, 7) is 2.47. The van der Waals surface area contributed by atoms with Crippen LogP contribution in [0.5, 0.6) is 11.5 Å². The lowest BCUT2D eigenvalue weighted by Crippen LogP contribution is -1.98. The van der Waals surface area contributed by atoms with Crippen molar-refractivity contribution < 1.29 is 9.47 Å². The smallest absolute Gasteiger partial charge is 0.174 e. The summed E-state index contributed by atoms with van der Waals surface area (Å²) >= 11 is 2.19. The summed E-state index contributed by atoms with van der Waals surface area (Å²) in [5.74, 6) is 1.33. The Morgan fingerprint density at radius 1 is 1.21 bits per heavy atom. The zero-order chi connectivity index (χ0) is 17.5. The second-order valence-corrected chi connectivity index (χ2v) is 5.99. The fraction of sp³-hybridized carbons (Fsp3) is 0.158. The Morgan fingerprint density at radius 3 is 2.46 bits per heavy atom. The van der Waals surface area contributed by atoms with E-state index in [0.717, 1.165) is 14.7 Å². The molecule has 120 valence electrons. The van der Waals surface area contributed by atoms with Crippen molar-refractivity contribution >= 4 is 34.2 Å². The van der Waals surface area contributed by atoms with E-state index in [1.165, 1.54) is 0 Å². The molecule has 0 aliphatic carbocycles. The van der Waals surface area contributed by atoms with E-state index in [2.05, 4.69) is 34.7 Å². The van der Waals surface area contributed by atoms with Gasteiger partial charge >= 0.3 is 0 Å². The van der Waals surface area contributed by atoms with Gasteiger partial charge in [-0.2, -0.15) is 10.5 Å². The van der Waals surface area contributed by atoms with Crippen LogP contribution in [0.4, 0.5) is 0 Å². The normalized spacial score (nSPS) is 10.6. The third kappa shape index (κ3) is 4.06. The Morgan fingerprint density at radius 2 is 1.92 bits per heavy atom. The van der Waals surface area contributed by atoms with Crippen molar-refractivity contribution in [1.82, 2.24) is 0 Å².